The maximum Gasteiger partial charge on any atom is 0.244 e. The molecule has 2 aromatic carbocycles. The molecule has 2 aromatic rings. The first kappa shape index (κ1) is 27.2. The molecule has 9 heteroatoms. The van der Waals surface area contributed by atoms with E-state index in [1.807, 2.05) is 51.1 Å². The lowest BCUT2D eigenvalue weighted by molar-refractivity contribution is -0.139. The van der Waals surface area contributed by atoms with Crippen molar-refractivity contribution in [2.75, 3.05) is 30.3 Å². The Morgan fingerprint density at radius 2 is 1.62 bits per heavy atom. The van der Waals surface area contributed by atoms with Gasteiger partial charge >= 0.3 is 0 Å². The molecule has 1 atom stereocenters. The number of sulfonamides is 1. The molecule has 0 aliphatic heterocycles. The Labute approximate surface area is 202 Å². The van der Waals surface area contributed by atoms with E-state index < -0.39 is 28.5 Å². The van der Waals surface area contributed by atoms with Gasteiger partial charge < -0.3 is 15.0 Å². The molecule has 0 aromatic heterocycles. The molecular formula is C25H35N3O5S. The van der Waals surface area contributed by atoms with Crippen molar-refractivity contribution < 1.29 is 22.7 Å². The molecule has 2 amide bonds. The number of nitrogens with zero attached hydrogens (tertiary/aromatic N) is 2. The van der Waals surface area contributed by atoms with E-state index in [1.54, 1.807) is 31.2 Å². The van der Waals surface area contributed by atoms with Crippen LogP contribution in [0.15, 0.2) is 54.6 Å². The van der Waals surface area contributed by atoms with Gasteiger partial charge in [-0.05, 0) is 63.9 Å². The molecule has 0 fully saturated rings. The lowest BCUT2D eigenvalue weighted by atomic mass is 10.1. The molecule has 0 radical (unpaired) electrons. The Morgan fingerprint density at radius 3 is 2.15 bits per heavy atom. The third kappa shape index (κ3) is 8.06. The molecule has 34 heavy (non-hydrogen) atoms. The van der Waals surface area contributed by atoms with Crippen LogP contribution >= 0.6 is 0 Å². The fourth-order valence-corrected chi connectivity index (χ4v) is 4.31. The highest BCUT2D eigenvalue weighted by atomic mass is 32.2. The van der Waals surface area contributed by atoms with Gasteiger partial charge in [0.25, 0.3) is 0 Å². The maximum atomic E-state index is 13.4. The summed E-state index contributed by atoms with van der Waals surface area (Å²) < 4.78 is 31.6. The van der Waals surface area contributed by atoms with E-state index in [2.05, 4.69) is 5.32 Å². The molecular weight excluding hydrogens is 454 g/mol. The highest BCUT2D eigenvalue weighted by Gasteiger charge is 2.30. The minimum atomic E-state index is -3.76. The van der Waals surface area contributed by atoms with Crippen LogP contribution in [0.3, 0.4) is 0 Å². The second-order valence-corrected chi connectivity index (χ2v) is 10.3. The van der Waals surface area contributed by atoms with E-state index in [0.717, 1.165) is 16.1 Å². The monoisotopic (exact) mass is 489 g/mol. The van der Waals surface area contributed by atoms with Gasteiger partial charge in [-0.2, -0.15) is 0 Å². The van der Waals surface area contributed by atoms with Gasteiger partial charge in [0, 0.05) is 12.6 Å². The van der Waals surface area contributed by atoms with Crippen molar-refractivity contribution in [2.45, 2.75) is 46.2 Å². The van der Waals surface area contributed by atoms with Crippen LogP contribution in [0.25, 0.3) is 0 Å². The number of ether oxygens (including phenoxy) is 1. The summed E-state index contributed by atoms with van der Waals surface area (Å²) in [6.07, 6.45) is 1.59. The standard InChI is InChI=1S/C25H35N3O5S/c1-6-33-23-14-12-22(13-15-23)28(34(5,31)32)18-24(29)27(20(4)25(30)26-19(2)3)17-16-21-10-8-7-9-11-21/h7-15,19-20H,6,16-18H2,1-5H3,(H,26,30)/t20-/m0/s1. The van der Waals surface area contributed by atoms with Crippen LogP contribution < -0.4 is 14.4 Å². The summed E-state index contributed by atoms with van der Waals surface area (Å²) in [7, 11) is -3.76. The quantitative estimate of drug-likeness (QED) is 0.495. The van der Waals surface area contributed by atoms with Crippen molar-refractivity contribution in [1.82, 2.24) is 10.2 Å². The summed E-state index contributed by atoms with van der Waals surface area (Å²) in [6, 6.07) is 15.3. The predicted molar refractivity (Wildman–Crippen MR) is 134 cm³/mol. The van der Waals surface area contributed by atoms with Gasteiger partial charge in [-0.3, -0.25) is 13.9 Å². The van der Waals surface area contributed by atoms with Crippen molar-refractivity contribution in [2.24, 2.45) is 0 Å². The second kappa shape index (κ2) is 12.4. The molecule has 0 bridgehead atoms. The molecule has 0 saturated heterocycles. The van der Waals surface area contributed by atoms with Crippen molar-refractivity contribution in [1.29, 1.82) is 0 Å². The summed E-state index contributed by atoms with van der Waals surface area (Å²) in [5.41, 5.74) is 1.37. The minimum Gasteiger partial charge on any atom is -0.494 e. The van der Waals surface area contributed by atoms with Crippen LogP contribution in [0.1, 0.15) is 33.3 Å². The Hall–Kier alpha value is -3.07. The first-order valence-corrected chi connectivity index (χ1v) is 13.2. The van der Waals surface area contributed by atoms with Gasteiger partial charge in [0.15, 0.2) is 0 Å². The Morgan fingerprint density at radius 1 is 1.00 bits per heavy atom. The number of nitrogens with one attached hydrogen (secondary N) is 1. The normalized spacial score (nSPS) is 12.2. The topological polar surface area (TPSA) is 96.0 Å². The zero-order valence-electron chi connectivity index (χ0n) is 20.5. The Kier molecular flexibility index (Phi) is 9.92. The fraction of sp³-hybridized carbons (Fsp3) is 0.440. The number of amides is 2. The third-order valence-electron chi connectivity index (χ3n) is 5.20. The largest absolute Gasteiger partial charge is 0.494 e. The highest BCUT2D eigenvalue weighted by Crippen LogP contribution is 2.22. The van der Waals surface area contributed by atoms with Crippen LogP contribution in [-0.4, -0.2) is 63.2 Å². The van der Waals surface area contributed by atoms with Crippen molar-refractivity contribution in [3.8, 4) is 5.75 Å². The summed E-state index contributed by atoms with van der Waals surface area (Å²) in [6.45, 7) is 7.55. The zero-order valence-corrected chi connectivity index (χ0v) is 21.3. The van der Waals surface area contributed by atoms with Gasteiger partial charge in [-0.25, -0.2) is 8.42 Å². The SMILES string of the molecule is CCOc1ccc(N(CC(=O)N(CCc2ccccc2)[C@@H](C)C(=O)NC(C)C)S(C)(=O)=O)cc1. The van der Waals surface area contributed by atoms with Crippen molar-refractivity contribution >= 4 is 27.5 Å². The van der Waals surface area contributed by atoms with E-state index in [4.69, 9.17) is 4.74 Å². The summed E-state index contributed by atoms with van der Waals surface area (Å²) >= 11 is 0. The molecule has 2 rings (SSSR count). The lowest BCUT2D eigenvalue weighted by Crippen LogP contribution is -2.53. The summed E-state index contributed by atoms with van der Waals surface area (Å²) in [5, 5.41) is 2.83. The summed E-state index contributed by atoms with van der Waals surface area (Å²) in [5.74, 6) is -0.139. The number of hydrogen-bond donors (Lipinski definition) is 1. The van der Waals surface area contributed by atoms with Gasteiger partial charge in [-0.1, -0.05) is 30.3 Å². The zero-order chi connectivity index (χ0) is 25.3. The lowest BCUT2D eigenvalue weighted by Gasteiger charge is -2.31. The number of hydrogen-bond acceptors (Lipinski definition) is 5. The molecule has 186 valence electrons. The highest BCUT2D eigenvalue weighted by molar-refractivity contribution is 7.92. The number of carbonyl (C=O) groups is 2. The second-order valence-electron chi connectivity index (χ2n) is 8.36. The number of anilines is 1. The van der Waals surface area contributed by atoms with Crippen LogP contribution in [0.4, 0.5) is 5.69 Å². The first-order chi connectivity index (χ1) is 16.0. The molecule has 0 unspecified atom stereocenters. The Bertz CT molecular complexity index is 1040. The fourth-order valence-electron chi connectivity index (χ4n) is 3.46. The molecule has 0 aliphatic rings. The van der Waals surface area contributed by atoms with Crippen molar-refractivity contribution in [3.05, 3.63) is 60.2 Å². The van der Waals surface area contributed by atoms with Crippen LogP contribution in [-0.2, 0) is 26.0 Å². The molecule has 0 aliphatic carbocycles. The smallest absolute Gasteiger partial charge is 0.244 e. The molecule has 1 N–H and O–H groups in total. The van der Waals surface area contributed by atoms with Crippen LogP contribution in [0.2, 0.25) is 0 Å². The van der Waals surface area contributed by atoms with Gasteiger partial charge in [0.1, 0.15) is 18.3 Å². The number of carbonyl (C=O) groups excluding carboxylic acids is 2. The van der Waals surface area contributed by atoms with Gasteiger partial charge in [0.05, 0.1) is 18.6 Å². The van der Waals surface area contributed by atoms with Crippen LogP contribution in [0.5, 0.6) is 5.75 Å². The van der Waals surface area contributed by atoms with E-state index in [0.29, 0.717) is 24.5 Å². The predicted octanol–water partition coefficient (Wildman–Crippen LogP) is 2.84. The Balaban J connectivity index is 2.29. The van der Waals surface area contributed by atoms with Gasteiger partial charge in [0.2, 0.25) is 21.8 Å². The van der Waals surface area contributed by atoms with Crippen molar-refractivity contribution in [3.63, 3.8) is 0 Å². The molecule has 0 spiro atoms. The first-order valence-electron chi connectivity index (χ1n) is 11.4. The molecule has 0 heterocycles. The minimum absolute atomic E-state index is 0.0857. The van der Waals surface area contributed by atoms with E-state index in [-0.39, 0.29) is 18.5 Å². The molecule has 0 saturated carbocycles. The summed E-state index contributed by atoms with van der Waals surface area (Å²) in [4.78, 5) is 27.6. The van der Waals surface area contributed by atoms with Crippen LogP contribution in [0, 0.1) is 0 Å². The average molecular weight is 490 g/mol. The van der Waals surface area contributed by atoms with Gasteiger partial charge in [-0.15, -0.1) is 0 Å². The van der Waals surface area contributed by atoms with E-state index in [9.17, 15) is 18.0 Å². The number of benzene rings is 2. The maximum absolute atomic E-state index is 13.4. The van der Waals surface area contributed by atoms with E-state index >= 15 is 0 Å². The van der Waals surface area contributed by atoms with E-state index in [1.165, 1.54) is 4.90 Å². The molecule has 8 nitrogen and oxygen atoms in total. The number of rotatable bonds is 12. The average Bonchev–Trinajstić information content (AvgIpc) is 2.78. The third-order valence-corrected chi connectivity index (χ3v) is 6.34.